The van der Waals surface area contributed by atoms with Crippen molar-refractivity contribution in [2.45, 2.75) is 46.6 Å². The van der Waals surface area contributed by atoms with Gasteiger partial charge in [-0.1, -0.05) is 54.1 Å². The van der Waals surface area contributed by atoms with E-state index in [1.165, 1.54) is 21.9 Å². The van der Waals surface area contributed by atoms with Crippen molar-refractivity contribution in [3.63, 3.8) is 0 Å². The summed E-state index contributed by atoms with van der Waals surface area (Å²) in [5.41, 5.74) is 4.95. The highest BCUT2D eigenvalue weighted by Gasteiger charge is 2.06. The van der Waals surface area contributed by atoms with Crippen LogP contribution in [0.3, 0.4) is 0 Å². The smallest absolute Gasteiger partial charge is 0.310 e. The van der Waals surface area contributed by atoms with E-state index in [2.05, 4.69) is 30.2 Å². The Hall–Kier alpha value is -3.58. The maximum Gasteiger partial charge on any atom is 0.310 e. The van der Waals surface area contributed by atoms with E-state index in [0.29, 0.717) is 31.9 Å². The van der Waals surface area contributed by atoms with E-state index in [1.54, 1.807) is 13.0 Å². The number of aromatic nitrogens is 2. The molecule has 0 N–H and O–H groups in total. The summed E-state index contributed by atoms with van der Waals surface area (Å²) < 4.78 is 6.35. The van der Waals surface area contributed by atoms with Gasteiger partial charge in [-0.2, -0.15) is 5.10 Å². The van der Waals surface area contributed by atoms with Crippen LogP contribution >= 0.6 is 0 Å². The number of Topliss-reactive ketones (excluding diaryl/α,β-unsaturated/α-hetero) is 1. The highest BCUT2D eigenvalue weighted by Crippen LogP contribution is 2.08. The molecule has 7 heteroatoms. The van der Waals surface area contributed by atoms with Gasteiger partial charge < -0.3 is 9.64 Å². The summed E-state index contributed by atoms with van der Waals surface area (Å²) >= 11 is 0. The number of likely N-dealkylation sites (N-methyl/N-ethyl adjacent to an activating group) is 1. The monoisotopic (exact) mass is 491 g/mol. The van der Waals surface area contributed by atoms with Gasteiger partial charge in [-0.05, 0) is 64.0 Å². The van der Waals surface area contributed by atoms with Crippen LogP contribution in [0.4, 0.5) is 0 Å². The number of ether oxygens (including phenoxy) is 1. The van der Waals surface area contributed by atoms with Crippen molar-refractivity contribution in [2.75, 3.05) is 27.2 Å². The van der Waals surface area contributed by atoms with E-state index in [1.807, 2.05) is 56.3 Å². The molecule has 0 aliphatic heterocycles. The Morgan fingerprint density at radius 3 is 2.33 bits per heavy atom. The zero-order valence-electron chi connectivity index (χ0n) is 22.0. The Labute approximate surface area is 213 Å². The molecule has 0 aliphatic rings. The van der Waals surface area contributed by atoms with Crippen molar-refractivity contribution in [1.82, 2.24) is 14.7 Å². The molecule has 0 amide bonds. The summed E-state index contributed by atoms with van der Waals surface area (Å²) in [4.78, 5) is 36.6. The lowest BCUT2D eigenvalue weighted by Crippen LogP contribution is -2.23. The number of rotatable bonds is 10. The molecule has 0 atom stereocenters. The van der Waals surface area contributed by atoms with Crippen molar-refractivity contribution in [3.05, 3.63) is 99.0 Å². The Morgan fingerprint density at radius 2 is 1.64 bits per heavy atom. The van der Waals surface area contributed by atoms with Crippen LogP contribution in [-0.4, -0.2) is 53.7 Å². The van der Waals surface area contributed by atoms with Gasteiger partial charge in [-0.25, -0.2) is 4.68 Å². The second-order valence-corrected chi connectivity index (χ2v) is 9.04. The molecule has 0 aliphatic carbocycles. The number of ketones is 1. The van der Waals surface area contributed by atoms with Crippen molar-refractivity contribution in [2.24, 2.45) is 0 Å². The minimum Gasteiger partial charge on any atom is -0.466 e. The largest absolute Gasteiger partial charge is 0.466 e. The topological polar surface area (TPSA) is 81.5 Å². The lowest BCUT2D eigenvalue weighted by Gasteiger charge is -2.08. The van der Waals surface area contributed by atoms with E-state index in [0.717, 1.165) is 23.2 Å². The van der Waals surface area contributed by atoms with Crippen LogP contribution < -0.4 is 5.56 Å². The fraction of sp³-hybridized carbons (Fsp3) is 0.379. The normalized spacial score (nSPS) is 10.5. The van der Waals surface area contributed by atoms with Crippen LogP contribution in [0.1, 0.15) is 41.3 Å². The van der Waals surface area contributed by atoms with Crippen molar-refractivity contribution in [1.29, 1.82) is 0 Å². The molecule has 0 fully saturated rings. The number of hydrogen-bond donors (Lipinski definition) is 0. The second kappa shape index (κ2) is 14.7. The van der Waals surface area contributed by atoms with Gasteiger partial charge in [0.1, 0.15) is 5.78 Å². The molecule has 1 aromatic heterocycles. The first-order chi connectivity index (χ1) is 17.2. The molecule has 192 valence electrons. The summed E-state index contributed by atoms with van der Waals surface area (Å²) in [5, 5.41) is 4.20. The molecule has 2 aromatic carbocycles. The Morgan fingerprint density at radius 1 is 0.944 bits per heavy atom. The molecule has 3 rings (SSSR count). The fourth-order valence-electron chi connectivity index (χ4n) is 3.64. The highest BCUT2D eigenvalue weighted by molar-refractivity contribution is 5.80. The predicted molar refractivity (Wildman–Crippen MR) is 142 cm³/mol. The number of carbonyl (C=O) groups is 2. The van der Waals surface area contributed by atoms with Gasteiger partial charge in [0.05, 0.1) is 31.8 Å². The summed E-state index contributed by atoms with van der Waals surface area (Å²) in [5.74, 6) is 0.0574. The molecule has 7 nitrogen and oxygen atoms in total. The Kier molecular flexibility index (Phi) is 11.7. The van der Waals surface area contributed by atoms with Crippen LogP contribution in [0, 0.1) is 13.8 Å². The lowest BCUT2D eigenvalue weighted by molar-refractivity contribution is -0.142. The fourth-order valence-corrected chi connectivity index (χ4v) is 3.64. The molecule has 36 heavy (non-hydrogen) atoms. The van der Waals surface area contributed by atoms with E-state index >= 15 is 0 Å². The van der Waals surface area contributed by atoms with Crippen molar-refractivity contribution in [3.8, 4) is 0 Å². The summed E-state index contributed by atoms with van der Waals surface area (Å²) in [6, 6.07) is 19.1. The number of nitrogens with zero attached hydrogens (tertiary/aromatic N) is 3. The highest BCUT2D eigenvalue weighted by atomic mass is 16.5. The molecular weight excluding hydrogens is 454 g/mol. The third kappa shape index (κ3) is 10.8. The van der Waals surface area contributed by atoms with Gasteiger partial charge in [0.2, 0.25) is 0 Å². The average Bonchev–Trinajstić information content (AvgIpc) is 2.81. The lowest BCUT2D eigenvalue weighted by atomic mass is 10.1. The molecule has 0 unspecified atom stereocenters. The van der Waals surface area contributed by atoms with E-state index < -0.39 is 0 Å². The first-order valence-corrected chi connectivity index (χ1v) is 12.2. The Balaban J connectivity index is 0.000000269. The molecule has 0 spiro atoms. The number of hydrogen-bond acceptors (Lipinski definition) is 6. The van der Waals surface area contributed by atoms with Gasteiger partial charge in [0, 0.05) is 12.5 Å². The molecule has 3 aromatic rings. The third-order valence-corrected chi connectivity index (χ3v) is 5.25. The maximum atomic E-state index is 11.7. The van der Waals surface area contributed by atoms with Gasteiger partial charge >= 0.3 is 5.97 Å². The molecule has 1 heterocycles. The van der Waals surface area contributed by atoms with Crippen LogP contribution in [0.2, 0.25) is 0 Å². The molecule has 0 radical (unpaired) electrons. The van der Waals surface area contributed by atoms with Crippen LogP contribution in [0.5, 0.6) is 0 Å². The number of benzene rings is 2. The number of carbonyl (C=O) groups excluding carboxylic acids is 2. The van der Waals surface area contributed by atoms with E-state index in [-0.39, 0.29) is 17.9 Å². The molecule has 0 bridgehead atoms. The summed E-state index contributed by atoms with van der Waals surface area (Å²) in [7, 11) is 3.84. The first-order valence-electron chi connectivity index (χ1n) is 12.2. The van der Waals surface area contributed by atoms with Gasteiger partial charge in [0.15, 0.2) is 0 Å². The second-order valence-electron chi connectivity index (χ2n) is 9.04. The quantitative estimate of drug-likeness (QED) is 0.402. The van der Waals surface area contributed by atoms with Gasteiger partial charge in [0.25, 0.3) is 5.56 Å². The average molecular weight is 492 g/mol. The maximum absolute atomic E-state index is 11.7. The van der Waals surface area contributed by atoms with Crippen LogP contribution in [0.15, 0.2) is 65.5 Å². The summed E-state index contributed by atoms with van der Waals surface area (Å²) in [6.45, 7) is 7.01. The standard InChI is InChI=1S/C16H18N2O3.C13H19NO/c1-3-21-16(20)10-13-5-4-6-14(9-13)11-18-15(19)8-7-12(2)17-18;1-11-5-4-6-12(9-11)7-8-13(15)10-14(2)3/h4-9H,3,10-11H2,1-2H3;4-6,9H,7-8,10H2,1-3H3. The third-order valence-electron chi connectivity index (χ3n) is 5.25. The van der Waals surface area contributed by atoms with E-state index in [4.69, 9.17) is 4.74 Å². The van der Waals surface area contributed by atoms with Crippen molar-refractivity contribution < 1.29 is 14.3 Å². The SMILES string of the molecule is CCOC(=O)Cc1cccc(Cn2nc(C)ccc2=O)c1.Cc1cccc(CCC(=O)CN(C)C)c1. The van der Waals surface area contributed by atoms with E-state index in [9.17, 15) is 14.4 Å². The zero-order chi connectivity index (χ0) is 26.5. The zero-order valence-corrected chi connectivity index (χ0v) is 22.0. The van der Waals surface area contributed by atoms with Gasteiger partial charge in [-0.3, -0.25) is 14.4 Å². The first kappa shape index (κ1) is 28.7. The molecule has 0 saturated carbocycles. The van der Waals surface area contributed by atoms with Gasteiger partial charge in [-0.15, -0.1) is 0 Å². The van der Waals surface area contributed by atoms with Crippen LogP contribution in [0.25, 0.3) is 0 Å². The van der Waals surface area contributed by atoms with Crippen LogP contribution in [-0.2, 0) is 33.7 Å². The molecule has 0 saturated heterocycles. The minimum atomic E-state index is -0.250. The summed E-state index contributed by atoms with van der Waals surface area (Å²) in [6.07, 6.45) is 1.73. The number of aryl methyl sites for hydroxylation is 3. The Bertz CT molecular complexity index is 1200. The predicted octanol–water partition coefficient (Wildman–Crippen LogP) is 3.76. The minimum absolute atomic E-state index is 0.142. The molecular formula is C29H37N3O4. The van der Waals surface area contributed by atoms with Crippen molar-refractivity contribution >= 4 is 11.8 Å². The number of esters is 1.